The number of amides is 1. The lowest BCUT2D eigenvalue weighted by molar-refractivity contribution is -0.179. The quantitative estimate of drug-likeness (QED) is 0.693. The van der Waals surface area contributed by atoms with E-state index in [0.29, 0.717) is 17.1 Å². The van der Waals surface area contributed by atoms with E-state index in [1.807, 2.05) is 0 Å². The van der Waals surface area contributed by atoms with Crippen molar-refractivity contribution in [2.45, 2.75) is 19.0 Å². The molecule has 0 unspecified atom stereocenters. The maximum absolute atomic E-state index is 14.7. The van der Waals surface area contributed by atoms with Crippen molar-refractivity contribution >= 4 is 28.7 Å². The van der Waals surface area contributed by atoms with Crippen LogP contribution in [0.5, 0.6) is 5.75 Å². The Kier molecular flexibility index (Phi) is 5.40. The number of carbonyl (C=O) groups is 1. The number of carbonyl (C=O) groups excluding carboxylic acids is 1. The Bertz CT molecular complexity index is 980. The molecule has 2 aliphatic heterocycles. The van der Waals surface area contributed by atoms with E-state index < -0.39 is 23.7 Å². The smallest absolute Gasteiger partial charge is 0.391 e. The van der Waals surface area contributed by atoms with Crippen molar-refractivity contribution < 1.29 is 31.5 Å². The second kappa shape index (κ2) is 7.90. The van der Waals surface area contributed by atoms with Gasteiger partial charge in [-0.3, -0.25) is 4.79 Å². The van der Waals surface area contributed by atoms with Gasteiger partial charge in [0, 0.05) is 37.6 Å². The molecule has 0 atom stereocenters. The molecule has 166 valence electrons. The van der Waals surface area contributed by atoms with E-state index in [0.717, 1.165) is 12.1 Å². The first-order valence-corrected chi connectivity index (χ1v) is 9.74. The number of benzene rings is 2. The van der Waals surface area contributed by atoms with Crippen molar-refractivity contribution in [2.75, 3.05) is 41.9 Å². The number of ether oxygens (including phenoxy) is 1. The van der Waals surface area contributed by atoms with Crippen LogP contribution in [-0.4, -0.2) is 38.8 Å². The summed E-state index contributed by atoms with van der Waals surface area (Å²) in [5.41, 5.74) is 0.903. The number of fused-ring (bicyclic) bond motifs is 1. The van der Waals surface area contributed by atoms with Gasteiger partial charge in [-0.05, 0) is 37.1 Å². The summed E-state index contributed by atoms with van der Waals surface area (Å²) in [4.78, 5) is 14.5. The number of piperidine rings is 1. The maximum Gasteiger partial charge on any atom is 0.391 e. The van der Waals surface area contributed by atoms with Crippen LogP contribution in [0.3, 0.4) is 0 Å². The number of anilines is 4. The number of hydrogen-bond donors (Lipinski definition) is 1. The summed E-state index contributed by atoms with van der Waals surface area (Å²) in [5.74, 6) is -2.89. The van der Waals surface area contributed by atoms with Gasteiger partial charge in [-0.2, -0.15) is 13.2 Å². The second-order valence-corrected chi connectivity index (χ2v) is 7.64. The first kappa shape index (κ1) is 21.2. The third-order valence-electron chi connectivity index (χ3n) is 5.63. The zero-order valence-corrected chi connectivity index (χ0v) is 16.6. The number of likely N-dealkylation sites (N-methyl/N-ethyl adjacent to an activating group) is 1. The highest BCUT2D eigenvalue weighted by Crippen LogP contribution is 2.38. The monoisotopic (exact) mass is 441 g/mol. The maximum atomic E-state index is 14.7. The van der Waals surface area contributed by atoms with Gasteiger partial charge >= 0.3 is 6.18 Å². The number of rotatable bonds is 3. The first-order valence-electron chi connectivity index (χ1n) is 9.74. The van der Waals surface area contributed by atoms with Gasteiger partial charge in [0.1, 0.15) is 11.4 Å². The number of halogens is 5. The van der Waals surface area contributed by atoms with Crippen LogP contribution < -0.4 is 19.9 Å². The van der Waals surface area contributed by atoms with Crippen LogP contribution in [0.1, 0.15) is 12.8 Å². The molecule has 1 N–H and O–H groups in total. The highest BCUT2D eigenvalue weighted by atomic mass is 19.4. The van der Waals surface area contributed by atoms with E-state index in [4.69, 9.17) is 4.74 Å². The van der Waals surface area contributed by atoms with Gasteiger partial charge in [0.25, 0.3) is 5.91 Å². The SMILES string of the molecule is CN1C(=O)COc2cc(Nc3cc(F)c(N4CCC(C(F)(F)F)CC4)c(F)c3)ccc21. The van der Waals surface area contributed by atoms with Crippen LogP contribution in [-0.2, 0) is 4.79 Å². The van der Waals surface area contributed by atoms with Crippen molar-refractivity contribution in [3.8, 4) is 5.75 Å². The summed E-state index contributed by atoms with van der Waals surface area (Å²) in [6, 6.07) is 7.11. The molecule has 0 spiro atoms. The molecule has 1 amide bonds. The zero-order valence-electron chi connectivity index (χ0n) is 16.6. The van der Waals surface area contributed by atoms with Crippen LogP contribution >= 0.6 is 0 Å². The molecule has 2 aromatic carbocycles. The third-order valence-corrected chi connectivity index (χ3v) is 5.63. The van der Waals surface area contributed by atoms with Gasteiger partial charge in [-0.1, -0.05) is 0 Å². The van der Waals surface area contributed by atoms with E-state index in [9.17, 15) is 26.7 Å². The lowest BCUT2D eigenvalue weighted by Gasteiger charge is -2.34. The minimum Gasteiger partial charge on any atom is -0.481 e. The van der Waals surface area contributed by atoms with Crippen LogP contribution in [0.25, 0.3) is 0 Å². The summed E-state index contributed by atoms with van der Waals surface area (Å²) in [5, 5.41) is 2.89. The average Bonchev–Trinajstić information content (AvgIpc) is 2.70. The van der Waals surface area contributed by atoms with E-state index in [1.54, 1.807) is 25.2 Å². The Morgan fingerprint density at radius 3 is 2.29 bits per heavy atom. The molecule has 5 nitrogen and oxygen atoms in total. The van der Waals surface area contributed by atoms with Crippen LogP contribution in [0, 0.1) is 17.6 Å². The lowest BCUT2D eigenvalue weighted by Crippen LogP contribution is -2.39. The summed E-state index contributed by atoms with van der Waals surface area (Å²) in [7, 11) is 1.62. The van der Waals surface area contributed by atoms with Crippen molar-refractivity contribution in [3.63, 3.8) is 0 Å². The summed E-state index contributed by atoms with van der Waals surface area (Å²) < 4.78 is 73.3. The van der Waals surface area contributed by atoms with Crippen molar-refractivity contribution in [1.82, 2.24) is 0 Å². The molecule has 0 bridgehead atoms. The summed E-state index contributed by atoms with van der Waals surface area (Å²) in [6.45, 7) is -0.242. The molecule has 10 heteroatoms. The molecule has 4 rings (SSSR count). The van der Waals surface area contributed by atoms with E-state index in [1.165, 1.54) is 9.80 Å². The van der Waals surface area contributed by atoms with Crippen LogP contribution in [0.4, 0.5) is 44.7 Å². The predicted octanol–water partition coefficient (Wildman–Crippen LogP) is 4.84. The molecule has 2 heterocycles. The fourth-order valence-corrected chi connectivity index (χ4v) is 3.89. The van der Waals surface area contributed by atoms with E-state index in [2.05, 4.69) is 5.32 Å². The highest BCUT2D eigenvalue weighted by molar-refractivity contribution is 5.97. The van der Waals surface area contributed by atoms with Gasteiger partial charge in [0.05, 0.1) is 11.6 Å². The Morgan fingerprint density at radius 2 is 1.68 bits per heavy atom. The van der Waals surface area contributed by atoms with Gasteiger partial charge in [-0.25, -0.2) is 8.78 Å². The third kappa shape index (κ3) is 4.24. The number of alkyl halides is 3. The molecule has 0 saturated carbocycles. The van der Waals surface area contributed by atoms with Crippen molar-refractivity contribution in [1.29, 1.82) is 0 Å². The van der Waals surface area contributed by atoms with E-state index in [-0.39, 0.29) is 49.8 Å². The fourth-order valence-electron chi connectivity index (χ4n) is 3.89. The normalized spacial score (nSPS) is 17.4. The Labute approximate surface area is 175 Å². The fraction of sp³-hybridized carbons (Fsp3) is 0.381. The molecule has 0 aliphatic carbocycles. The molecule has 1 fully saturated rings. The number of hydrogen-bond acceptors (Lipinski definition) is 4. The molecular formula is C21H20F5N3O2. The predicted molar refractivity (Wildman–Crippen MR) is 106 cm³/mol. The van der Waals surface area contributed by atoms with Gasteiger partial charge in [0.15, 0.2) is 18.2 Å². The van der Waals surface area contributed by atoms with Gasteiger partial charge in [0.2, 0.25) is 0 Å². The minimum atomic E-state index is -4.29. The molecule has 31 heavy (non-hydrogen) atoms. The molecule has 0 aromatic heterocycles. The topological polar surface area (TPSA) is 44.8 Å². The number of nitrogens with zero attached hydrogens (tertiary/aromatic N) is 2. The standard InChI is InChI=1S/C21H20F5N3O2/c1-28-17-3-2-13(10-18(17)31-11-19(28)30)27-14-8-15(22)20(16(23)9-14)29-6-4-12(5-7-29)21(24,25)26/h2-3,8-10,12,27H,4-7,11H2,1H3. The average molecular weight is 441 g/mol. The molecule has 2 aromatic rings. The molecule has 1 saturated heterocycles. The highest BCUT2D eigenvalue weighted by Gasteiger charge is 2.41. The number of nitrogens with one attached hydrogen (secondary N) is 1. The molecule has 2 aliphatic rings. The Morgan fingerprint density at radius 1 is 1.03 bits per heavy atom. The second-order valence-electron chi connectivity index (χ2n) is 7.64. The minimum absolute atomic E-state index is 0.0702. The van der Waals surface area contributed by atoms with Gasteiger partial charge in [-0.15, -0.1) is 0 Å². The summed E-state index contributed by atoms with van der Waals surface area (Å²) in [6.07, 6.45) is -4.69. The summed E-state index contributed by atoms with van der Waals surface area (Å²) >= 11 is 0. The van der Waals surface area contributed by atoms with E-state index >= 15 is 0 Å². The van der Waals surface area contributed by atoms with Gasteiger partial charge < -0.3 is 19.9 Å². The van der Waals surface area contributed by atoms with Crippen molar-refractivity contribution in [3.05, 3.63) is 42.0 Å². The molecular weight excluding hydrogens is 421 g/mol. The lowest BCUT2D eigenvalue weighted by atomic mass is 9.96. The largest absolute Gasteiger partial charge is 0.481 e. The van der Waals surface area contributed by atoms with Crippen molar-refractivity contribution in [2.24, 2.45) is 5.92 Å². The van der Waals surface area contributed by atoms with Crippen LogP contribution in [0.15, 0.2) is 30.3 Å². The Hall–Kier alpha value is -3.04. The Balaban J connectivity index is 1.50. The van der Waals surface area contributed by atoms with Crippen LogP contribution in [0.2, 0.25) is 0 Å². The molecule has 0 radical (unpaired) electrons. The first-order chi connectivity index (χ1) is 14.6. The zero-order chi connectivity index (χ0) is 22.3.